The third-order valence-corrected chi connectivity index (χ3v) is 3.48. The number of nitrogens with one attached hydrogen (secondary N) is 1. The standard InChI is InChI=1S/C17H18N2O/c1-12-5-4-6-13(9-12)19-16(10-18)15-11-20-17-8-3-2-7-14(15)17/h2-9,11,16,19H,10,18H2,1H3. The largest absolute Gasteiger partial charge is 0.464 e. The van der Waals surface area contributed by atoms with Crippen molar-refractivity contribution < 1.29 is 4.42 Å². The quantitative estimate of drug-likeness (QED) is 0.754. The van der Waals surface area contributed by atoms with Crippen molar-refractivity contribution in [3.63, 3.8) is 0 Å². The topological polar surface area (TPSA) is 51.2 Å². The van der Waals surface area contributed by atoms with Crippen molar-refractivity contribution in [1.82, 2.24) is 0 Å². The Bertz CT molecular complexity index is 718. The molecule has 102 valence electrons. The monoisotopic (exact) mass is 266 g/mol. The summed E-state index contributed by atoms with van der Waals surface area (Å²) in [6, 6.07) is 16.4. The maximum atomic E-state index is 5.94. The molecule has 3 heteroatoms. The van der Waals surface area contributed by atoms with Crippen molar-refractivity contribution in [1.29, 1.82) is 0 Å². The second-order valence-corrected chi connectivity index (χ2v) is 4.99. The molecule has 1 atom stereocenters. The van der Waals surface area contributed by atoms with E-state index < -0.39 is 0 Å². The van der Waals surface area contributed by atoms with E-state index in [0.717, 1.165) is 22.2 Å². The third kappa shape index (κ3) is 2.40. The Morgan fingerprint density at radius 2 is 2.00 bits per heavy atom. The molecule has 1 unspecified atom stereocenters. The summed E-state index contributed by atoms with van der Waals surface area (Å²) in [5.74, 6) is 0. The maximum absolute atomic E-state index is 5.94. The summed E-state index contributed by atoms with van der Waals surface area (Å²) in [4.78, 5) is 0. The van der Waals surface area contributed by atoms with Crippen molar-refractivity contribution in [3.05, 3.63) is 65.9 Å². The van der Waals surface area contributed by atoms with Gasteiger partial charge in [0, 0.05) is 23.2 Å². The highest BCUT2D eigenvalue weighted by Crippen LogP contribution is 2.28. The second-order valence-electron chi connectivity index (χ2n) is 4.99. The summed E-state index contributed by atoms with van der Waals surface area (Å²) >= 11 is 0. The summed E-state index contributed by atoms with van der Waals surface area (Å²) < 4.78 is 5.60. The first-order valence-electron chi connectivity index (χ1n) is 6.77. The van der Waals surface area contributed by atoms with Crippen molar-refractivity contribution in [2.75, 3.05) is 11.9 Å². The van der Waals surface area contributed by atoms with E-state index in [1.54, 1.807) is 6.26 Å². The zero-order chi connectivity index (χ0) is 13.9. The molecule has 3 rings (SSSR count). The molecule has 3 aromatic rings. The van der Waals surface area contributed by atoms with Gasteiger partial charge in [0.1, 0.15) is 5.58 Å². The van der Waals surface area contributed by atoms with Gasteiger partial charge in [-0.25, -0.2) is 0 Å². The molecule has 3 nitrogen and oxygen atoms in total. The molecular formula is C17H18N2O. The van der Waals surface area contributed by atoms with Crippen LogP contribution in [0.15, 0.2) is 59.2 Å². The number of furan rings is 1. The number of nitrogens with two attached hydrogens (primary N) is 1. The fourth-order valence-corrected chi connectivity index (χ4v) is 2.47. The molecule has 0 fully saturated rings. The van der Waals surface area contributed by atoms with Crippen LogP contribution in [-0.4, -0.2) is 6.54 Å². The molecule has 0 radical (unpaired) electrons. The molecular weight excluding hydrogens is 248 g/mol. The Labute approximate surface area is 118 Å². The second kappa shape index (κ2) is 5.39. The van der Waals surface area contributed by atoms with E-state index in [1.807, 2.05) is 24.3 Å². The first-order chi connectivity index (χ1) is 9.78. The molecule has 0 saturated heterocycles. The van der Waals surface area contributed by atoms with Crippen LogP contribution in [0.5, 0.6) is 0 Å². The molecule has 0 spiro atoms. The van der Waals surface area contributed by atoms with E-state index >= 15 is 0 Å². The van der Waals surface area contributed by atoms with Crippen molar-refractivity contribution in [2.45, 2.75) is 13.0 Å². The lowest BCUT2D eigenvalue weighted by molar-refractivity contribution is 0.605. The predicted molar refractivity (Wildman–Crippen MR) is 82.8 cm³/mol. The zero-order valence-corrected chi connectivity index (χ0v) is 11.5. The number of rotatable bonds is 4. The smallest absolute Gasteiger partial charge is 0.134 e. The van der Waals surface area contributed by atoms with Crippen LogP contribution < -0.4 is 11.1 Å². The molecule has 20 heavy (non-hydrogen) atoms. The van der Waals surface area contributed by atoms with Crippen LogP contribution in [0.3, 0.4) is 0 Å². The van der Waals surface area contributed by atoms with E-state index in [4.69, 9.17) is 10.2 Å². The van der Waals surface area contributed by atoms with E-state index in [9.17, 15) is 0 Å². The van der Waals surface area contributed by atoms with Crippen LogP contribution >= 0.6 is 0 Å². The van der Waals surface area contributed by atoms with Gasteiger partial charge in [0.05, 0.1) is 12.3 Å². The highest BCUT2D eigenvalue weighted by atomic mass is 16.3. The number of hydrogen-bond acceptors (Lipinski definition) is 3. The van der Waals surface area contributed by atoms with Crippen LogP contribution in [0.25, 0.3) is 11.0 Å². The average molecular weight is 266 g/mol. The Kier molecular flexibility index (Phi) is 3.44. The highest BCUT2D eigenvalue weighted by Gasteiger charge is 2.15. The van der Waals surface area contributed by atoms with Crippen LogP contribution in [-0.2, 0) is 0 Å². The Morgan fingerprint density at radius 1 is 1.15 bits per heavy atom. The fourth-order valence-electron chi connectivity index (χ4n) is 2.47. The maximum Gasteiger partial charge on any atom is 0.134 e. The summed E-state index contributed by atoms with van der Waals surface area (Å²) in [5.41, 5.74) is 10.2. The van der Waals surface area contributed by atoms with Gasteiger partial charge in [-0.1, -0.05) is 30.3 Å². The number of aryl methyl sites for hydroxylation is 1. The minimum atomic E-state index is 0.0421. The van der Waals surface area contributed by atoms with Crippen molar-refractivity contribution in [3.8, 4) is 0 Å². The molecule has 0 amide bonds. The number of anilines is 1. The molecule has 0 aliphatic carbocycles. The molecule has 0 saturated carbocycles. The van der Waals surface area contributed by atoms with Gasteiger partial charge in [0.25, 0.3) is 0 Å². The van der Waals surface area contributed by atoms with Gasteiger partial charge in [0.2, 0.25) is 0 Å². The fraction of sp³-hybridized carbons (Fsp3) is 0.176. The minimum absolute atomic E-state index is 0.0421. The SMILES string of the molecule is Cc1cccc(NC(CN)c2coc3ccccc23)c1. The molecule has 1 heterocycles. The molecule has 3 N–H and O–H groups in total. The Balaban J connectivity index is 1.93. The molecule has 0 aliphatic rings. The van der Waals surface area contributed by atoms with Crippen LogP contribution in [0.1, 0.15) is 17.2 Å². The van der Waals surface area contributed by atoms with Gasteiger partial charge in [0.15, 0.2) is 0 Å². The van der Waals surface area contributed by atoms with Crippen molar-refractivity contribution >= 4 is 16.7 Å². The predicted octanol–water partition coefficient (Wildman–Crippen LogP) is 3.85. The van der Waals surface area contributed by atoms with Gasteiger partial charge >= 0.3 is 0 Å². The van der Waals surface area contributed by atoms with Crippen LogP contribution in [0, 0.1) is 6.92 Å². The van der Waals surface area contributed by atoms with E-state index in [2.05, 4.69) is 36.5 Å². The first-order valence-corrected chi connectivity index (χ1v) is 6.77. The van der Waals surface area contributed by atoms with Gasteiger partial charge < -0.3 is 15.5 Å². The molecule has 0 bridgehead atoms. The van der Waals surface area contributed by atoms with Gasteiger partial charge in [-0.2, -0.15) is 0 Å². The van der Waals surface area contributed by atoms with E-state index in [-0.39, 0.29) is 6.04 Å². The van der Waals surface area contributed by atoms with Crippen LogP contribution in [0.4, 0.5) is 5.69 Å². The van der Waals surface area contributed by atoms with E-state index in [1.165, 1.54) is 5.56 Å². The number of para-hydroxylation sites is 1. The van der Waals surface area contributed by atoms with E-state index in [0.29, 0.717) is 6.54 Å². The number of benzene rings is 2. The van der Waals surface area contributed by atoms with Gasteiger partial charge in [-0.15, -0.1) is 0 Å². The molecule has 1 aromatic heterocycles. The minimum Gasteiger partial charge on any atom is -0.464 e. The Hall–Kier alpha value is -2.26. The van der Waals surface area contributed by atoms with Crippen LogP contribution in [0.2, 0.25) is 0 Å². The molecule has 2 aromatic carbocycles. The third-order valence-electron chi connectivity index (χ3n) is 3.48. The lowest BCUT2D eigenvalue weighted by atomic mass is 10.1. The summed E-state index contributed by atoms with van der Waals surface area (Å²) in [7, 11) is 0. The lowest BCUT2D eigenvalue weighted by Crippen LogP contribution is -2.20. The van der Waals surface area contributed by atoms with Gasteiger partial charge in [-0.05, 0) is 30.7 Å². The first kappa shape index (κ1) is 12.8. The summed E-state index contributed by atoms with van der Waals surface area (Å²) in [5, 5.41) is 4.59. The lowest BCUT2D eigenvalue weighted by Gasteiger charge is -2.17. The zero-order valence-electron chi connectivity index (χ0n) is 11.5. The summed E-state index contributed by atoms with van der Waals surface area (Å²) in [6.45, 7) is 2.59. The summed E-state index contributed by atoms with van der Waals surface area (Å²) in [6.07, 6.45) is 1.80. The number of hydrogen-bond donors (Lipinski definition) is 2. The normalized spacial score (nSPS) is 12.5. The van der Waals surface area contributed by atoms with Crippen molar-refractivity contribution in [2.24, 2.45) is 5.73 Å². The average Bonchev–Trinajstić information content (AvgIpc) is 2.89. The highest BCUT2D eigenvalue weighted by molar-refractivity contribution is 5.81. The molecule has 0 aliphatic heterocycles. The Morgan fingerprint density at radius 3 is 2.80 bits per heavy atom. The van der Waals surface area contributed by atoms with Gasteiger partial charge in [-0.3, -0.25) is 0 Å². The number of fused-ring (bicyclic) bond motifs is 1.